The summed E-state index contributed by atoms with van der Waals surface area (Å²) in [5.41, 5.74) is 0. The van der Waals surface area contributed by atoms with Crippen LogP contribution < -0.4 is 0 Å². The van der Waals surface area contributed by atoms with Crippen molar-refractivity contribution in [3.63, 3.8) is 0 Å². The Balaban J connectivity index is 2.96. The molecular weight excluding hydrogens is 94.1 g/mol. The summed E-state index contributed by atoms with van der Waals surface area (Å²) in [7, 11) is 0. The van der Waals surface area contributed by atoms with Crippen molar-refractivity contribution in [1.29, 1.82) is 0 Å². The van der Waals surface area contributed by atoms with Gasteiger partial charge in [0.25, 0.3) is 6.41 Å². The third kappa shape index (κ3) is 0.623. The van der Waals surface area contributed by atoms with Crippen LogP contribution in [0.3, 0.4) is 0 Å². The van der Waals surface area contributed by atoms with E-state index in [2.05, 4.69) is 10.2 Å². The highest BCUT2D eigenvalue weighted by Crippen LogP contribution is 1.65. The molecule has 4 heteroatoms. The normalized spacial score (nSPS) is 8.57. The molecule has 1 aromatic heterocycles. The lowest BCUT2D eigenvalue weighted by atomic mass is 11.0. The van der Waals surface area contributed by atoms with Crippen LogP contribution in [0.25, 0.3) is 0 Å². The first kappa shape index (κ1) is 3.98. The SMILES string of the molecule is O=Cn1nccn1. The summed E-state index contributed by atoms with van der Waals surface area (Å²) in [4.78, 5) is 10.6. The molecule has 1 heterocycles. The van der Waals surface area contributed by atoms with Gasteiger partial charge in [-0.1, -0.05) is 0 Å². The van der Waals surface area contributed by atoms with Gasteiger partial charge in [0, 0.05) is 0 Å². The van der Waals surface area contributed by atoms with E-state index >= 15 is 0 Å². The van der Waals surface area contributed by atoms with Crippen molar-refractivity contribution >= 4 is 6.41 Å². The van der Waals surface area contributed by atoms with Crippen LogP contribution in [0.4, 0.5) is 0 Å². The van der Waals surface area contributed by atoms with Gasteiger partial charge in [-0.2, -0.15) is 10.2 Å². The predicted octanol–water partition coefficient (Wildman–Crippen LogP) is -0.684. The van der Waals surface area contributed by atoms with Gasteiger partial charge in [0.05, 0.1) is 12.4 Å². The molecule has 0 aliphatic rings. The molecule has 4 nitrogen and oxygen atoms in total. The molecule has 1 aromatic rings. The van der Waals surface area contributed by atoms with Gasteiger partial charge in [-0.3, -0.25) is 4.79 Å². The summed E-state index contributed by atoms with van der Waals surface area (Å²) >= 11 is 0. The smallest absolute Gasteiger partial charge is 0.252 e. The zero-order valence-corrected chi connectivity index (χ0v) is 3.48. The van der Waals surface area contributed by atoms with Crippen LogP contribution in [0.2, 0.25) is 0 Å². The highest BCUT2D eigenvalue weighted by molar-refractivity contribution is 5.47. The molecule has 7 heavy (non-hydrogen) atoms. The Morgan fingerprint density at radius 3 is 2.29 bits per heavy atom. The molecule has 0 amide bonds. The van der Waals surface area contributed by atoms with Gasteiger partial charge >= 0.3 is 0 Å². The Kier molecular flexibility index (Phi) is 0.856. The molecule has 0 saturated carbocycles. The minimum Gasteiger partial charge on any atom is -0.275 e. The zero-order valence-electron chi connectivity index (χ0n) is 3.48. The average Bonchev–Trinajstić information content (AvgIpc) is 2.14. The van der Waals surface area contributed by atoms with Crippen LogP contribution >= 0.6 is 0 Å². The van der Waals surface area contributed by atoms with E-state index in [1.54, 1.807) is 0 Å². The minimum atomic E-state index is 0.528. The molecule has 1 rings (SSSR count). The second-order valence-electron chi connectivity index (χ2n) is 0.955. The van der Waals surface area contributed by atoms with Gasteiger partial charge in [0.2, 0.25) is 0 Å². The van der Waals surface area contributed by atoms with Gasteiger partial charge in [0.15, 0.2) is 0 Å². The average molecular weight is 97.1 g/mol. The van der Waals surface area contributed by atoms with Crippen molar-refractivity contribution < 1.29 is 4.79 Å². The van der Waals surface area contributed by atoms with Crippen molar-refractivity contribution in [3.8, 4) is 0 Å². The maximum Gasteiger partial charge on any atom is 0.252 e. The van der Waals surface area contributed by atoms with Crippen molar-refractivity contribution in [3.05, 3.63) is 12.4 Å². The fourth-order valence-corrected chi connectivity index (χ4v) is 0.280. The highest BCUT2D eigenvalue weighted by atomic mass is 16.1. The van der Waals surface area contributed by atoms with E-state index in [4.69, 9.17) is 0 Å². The first-order valence-corrected chi connectivity index (χ1v) is 1.74. The van der Waals surface area contributed by atoms with Crippen molar-refractivity contribution in [2.24, 2.45) is 0 Å². The summed E-state index contributed by atoms with van der Waals surface area (Å²) in [5.74, 6) is 0. The molecule has 0 bridgehead atoms. The Hall–Kier alpha value is -1.19. The number of aromatic nitrogens is 3. The summed E-state index contributed by atoms with van der Waals surface area (Å²) in [6.45, 7) is 0. The molecule has 0 saturated heterocycles. The third-order valence-corrected chi connectivity index (χ3v) is 0.531. The third-order valence-electron chi connectivity index (χ3n) is 0.531. The quantitative estimate of drug-likeness (QED) is 0.436. The molecule has 0 spiro atoms. The molecule has 0 aliphatic heterocycles. The summed E-state index contributed by atoms with van der Waals surface area (Å²) in [6, 6.07) is 0. The number of nitrogens with zero attached hydrogens (tertiary/aromatic N) is 3. The van der Waals surface area contributed by atoms with E-state index in [9.17, 15) is 4.79 Å². The summed E-state index contributed by atoms with van der Waals surface area (Å²) in [6.07, 6.45) is 3.41. The number of carbonyl (C=O) groups is 1. The van der Waals surface area contributed by atoms with E-state index < -0.39 is 0 Å². The number of carbonyl (C=O) groups excluding carboxylic acids is 1. The molecule has 36 valence electrons. The first-order valence-electron chi connectivity index (χ1n) is 1.74. The Labute approximate surface area is 39.8 Å². The maximum atomic E-state index is 9.71. The topological polar surface area (TPSA) is 47.8 Å². The maximum absolute atomic E-state index is 9.71. The summed E-state index contributed by atoms with van der Waals surface area (Å²) in [5, 5.41) is 6.94. The second kappa shape index (κ2) is 1.51. The molecular formula is C3H3N3O. The van der Waals surface area contributed by atoms with E-state index in [1.807, 2.05) is 0 Å². The van der Waals surface area contributed by atoms with Gasteiger partial charge in [0.1, 0.15) is 0 Å². The number of hydrogen-bond donors (Lipinski definition) is 0. The predicted molar refractivity (Wildman–Crippen MR) is 22.2 cm³/mol. The van der Waals surface area contributed by atoms with E-state index in [0.717, 1.165) is 4.80 Å². The molecule has 0 radical (unpaired) electrons. The van der Waals surface area contributed by atoms with Crippen LogP contribution in [-0.2, 0) is 4.79 Å². The molecule has 0 atom stereocenters. The highest BCUT2D eigenvalue weighted by Gasteiger charge is 1.78. The molecule has 0 fully saturated rings. The lowest BCUT2D eigenvalue weighted by Gasteiger charge is -1.73. The van der Waals surface area contributed by atoms with Crippen LogP contribution in [0, 0.1) is 0 Å². The largest absolute Gasteiger partial charge is 0.275 e. The van der Waals surface area contributed by atoms with Crippen LogP contribution in [0.5, 0.6) is 0 Å². The lowest BCUT2D eigenvalue weighted by molar-refractivity contribution is 0.530. The number of rotatable bonds is 1. The molecule has 0 N–H and O–H groups in total. The Bertz CT molecular complexity index is 145. The van der Waals surface area contributed by atoms with E-state index in [0.29, 0.717) is 6.41 Å². The van der Waals surface area contributed by atoms with Crippen LogP contribution in [0.1, 0.15) is 0 Å². The molecule has 0 aliphatic carbocycles. The van der Waals surface area contributed by atoms with Crippen LogP contribution in [-0.4, -0.2) is 21.4 Å². The first-order chi connectivity index (χ1) is 3.43. The lowest BCUT2D eigenvalue weighted by Crippen LogP contribution is -1.97. The fraction of sp³-hybridized carbons (Fsp3) is 0. The van der Waals surface area contributed by atoms with E-state index in [-0.39, 0.29) is 0 Å². The number of hydrogen-bond acceptors (Lipinski definition) is 3. The zero-order chi connectivity index (χ0) is 5.11. The van der Waals surface area contributed by atoms with Crippen molar-refractivity contribution in [1.82, 2.24) is 15.0 Å². The Morgan fingerprint density at radius 2 is 2.00 bits per heavy atom. The molecule has 0 aromatic carbocycles. The standard InChI is InChI=1S/C3H3N3O/c7-3-6-4-1-2-5-6/h1-3H. The Morgan fingerprint density at radius 1 is 1.43 bits per heavy atom. The van der Waals surface area contributed by atoms with Gasteiger partial charge in [-0.15, -0.1) is 4.80 Å². The van der Waals surface area contributed by atoms with Gasteiger partial charge in [-0.25, -0.2) is 0 Å². The summed E-state index contributed by atoms with van der Waals surface area (Å²) < 4.78 is 0. The minimum absolute atomic E-state index is 0.528. The van der Waals surface area contributed by atoms with Crippen LogP contribution in [0.15, 0.2) is 12.4 Å². The monoisotopic (exact) mass is 97.0 g/mol. The second-order valence-corrected chi connectivity index (χ2v) is 0.955. The van der Waals surface area contributed by atoms with Gasteiger partial charge < -0.3 is 0 Å². The molecule has 0 unspecified atom stereocenters. The van der Waals surface area contributed by atoms with Crippen molar-refractivity contribution in [2.45, 2.75) is 0 Å². The fourth-order valence-electron chi connectivity index (χ4n) is 0.280. The van der Waals surface area contributed by atoms with Gasteiger partial charge in [-0.05, 0) is 0 Å². The van der Waals surface area contributed by atoms with Crippen molar-refractivity contribution in [2.75, 3.05) is 0 Å². The van der Waals surface area contributed by atoms with E-state index in [1.165, 1.54) is 12.4 Å².